The fourth-order valence-electron chi connectivity index (χ4n) is 4.30. The summed E-state index contributed by atoms with van der Waals surface area (Å²) in [4.78, 5) is 42.5. The van der Waals surface area contributed by atoms with Gasteiger partial charge in [-0.25, -0.2) is 9.37 Å². The number of rotatable bonds is 9. The Balaban J connectivity index is 2.04. The van der Waals surface area contributed by atoms with Crippen molar-refractivity contribution in [1.29, 1.82) is 5.41 Å². The molecule has 9 heteroatoms. The van der Waals surface area contributed by atoms with E-state index in [1.54, 1.807) is 43.3 Å². The molecule has 0 unspecified atom stereocenters. The second kappa shape index (κ2) is 12.3. The number of carbonyl (C=O) groups is 2. The summed E-state index contributed by atoms with van der Waals surface area (Å²) in [6.07, 6.45) is 2.39. The van der Waals surface area contributed by atoms with Crippen LogP contribution in [0.4, 0.5) is 9.18 Å². The van der Waals surface area contributed by atoms with Crippen molar-refractivity contribution >= 4 is 25.3 Å². The summed E-state index contributed by atoms with van der Waals surface area (Å²) in [6, 6.07) is 11.7. The number of carbonyl (C=O) groups excluding carboxylic acids is 2. The van der Waals surface area contributed by atoms with Gasteiger partial charge in [0.15, 0.2) is 11.6 Å². The van der Waals surface area contributed by atoms with Crippen molar-refractivity contribution in [2.75, 3.05) is 0 Å². The summed E-state index contributed by atoms with van der Waals surface area (Å²) < 4.78 is 16.9. The first-order valence-electron chi connectivity index (χ1n) is 13.2. The van der Waals surface area contributed by atoms with Crippen LogP contribution in [0.3, 0.4) is 0 Å². The topological polar surface area (TPSA) is 105 Å². The first-order chi connectivity index (χ1) is 18.3. The number of Topliss-reactive ketones (excluding diaryl/α,β-unsaturated/α-hetero) is 1. The minimum atomic E-state index is -0.610. The highest BCUT2D eigenvalue weighted by molar-refractivity contribution is 6.58. The van der Waals surface area contributed by atoms with Crippen molar-refractivity contribution in [2.24, 2.45) is 5.41 Å². The number of nitrogens with one attached hydrogen (secondary N) is 2. The van der Waals surface area contributed by atoms with E-state index in [9.17, 15) is 14.4 Å². The van der Waals surface area contributed by atoms with E-state index in [2.05, 4.69) is 17.2 Å². The molecule has 0 fully saturated rings. The summed E-state index contributed by atoms with van der Waals surface area (Å²) in [7, 11) is 1.33. The highest BCUT2D eigenvalue weighted by Crippen LogP contribution is 2.27. The summed E-state index contributed by atoms with van der Waals surface area (Å²) in [6.45, 7) is 9.13. The molecule has 1 heterocycles. The van der Waals surface area contributed by atoms with Gasteiger partial charge in [0, 0.05) is 23.0 Å². The molecule has 2 aromatic carbocycles. The van der Waals surface area contributed by atoms with Gasteiger partial charge in [-0.3, -0.25) is 24.4 Å². The zero-order chi connectivity index (χ0) is 28.9. The van der Waals surface area contributed by atoms with E-state index in [0.717, 1.165) is 12.8 Å². The zero-order valence-electron chi connectivity index (χ0n) is 23.6. The van der Waals surface area contributed by atoms with E-state index in [-0.39, 0.29) is 36.0 Å². The third-order valence-corrected chi connectivity index (χ3v) is 6.67. The minimum absolute atomic E-state index is 0.0460. The quantitative estimate of drug-likeness (QED) is 0.240. The van der Waals surface area contributed by atoms with Crippen LogP contribution in [-0.2, 0) is 24.2 Å². The number of hydrogen-bond donors (Lipinski definition) is 2. The maximum atomic E-state index is 15.5. The molecule has 3 aromatic rings. The number of ketones is 1. The van der Waals surface area contributed by atoms with Crippen LogP contribution in [0.2, 0.25) is 0 Å². The van der Waals surface area contributed by atoms with Crippen LogP contribution in [0.5, 0.6) is 0 Å². The Hall–Kier alpha value is -3.88. The normalized spacial score (nSPS) is 11.3. The lowest BCUT2D eigenvalue weighted by atomic mass is 9.90. The van der Waals surface area contributed by atoms with Crippen LogP contribution in [0, 0.1) is 23.6 Å². The summed E-state index contributed by atoms with van der Waals surface area (Å²) >= 11 is 0. The molecule has 0 saturated carbocycles. The number of halogens is 1. The van der Waals surface area contributed by atoms with Crippen molar-refractivity contribution in [3.05, 3.63) is 86.8 Å². The smallest absolute Gasteiger partial charge is 0.257 e. The molecule has 0 aliphatic carbocycles. The van der Waals surface area contributed by atoms with E-state index in [0.29, 0.717) is 45.8 Å². The van der Waals surface area contributed by atoms with Gasteiger partial charge in [0.25, 0.3) is 5.56 Å². The molecule has 0 bridgehead atoms. The number of benzene rings is 2. The predicted molar refractivity (Wildman–Crippen MR) is 155 cm³/mol. The average Bonchev–Trinajstić information content (AvgIpc) is 2.86. The first kappa shape index (κ1) is 29.7. The molecule has 39 heavy (non-hydrogen) atoms. The van der Waals surface area contributed by atoms with Crippen LogP contribution >= 0.6 is 0 Å². The Morgan fingerprint density at radius 3 is 2.46 bits per heavy atom. The minimum Gasteiger partial charge on any atom is -0.320 e. The number of amides is 1. The Morgan fingerprint density at radius 2 is 1.85 bits per heavy atom. The molecule has 3 rings (SSSR count). The van der Waals surface area contributed by atoms with Gasteiger partial charge in [0.1, 0.15) is 17.5 Å². The summed E-state index contributed by atoms with van der Waals surface area (Å²) in [5.74, 6) is -0.537. The number of aromatic nitrogens is 2. The van der Waals surface area contributed by atoms with Gasteiger partial charge in [0.2, 0.25) is 7.85 Å². The molecule has 1 amide bonds. The van der Waals surface area contributed by atoms with E-state index in [1.165, 1.54) is 18.5 Å². The van der Waals surface area contributed by atoms with Gasteiger partial charge in [-0.1, -0.05) is 70.5 Å². The van der Waals surface area contributed by atoms with Gasteiger partial charge in [-0.15, -0.1) is 0 Å². The lowest BCUT2D eigenvalue weighted by Crippen LogP contribution is -2.35. The van der Waals surface area contributed by atoms with E-state index in [1.807, 2.05) is 20.8 Å². The van der Waals surface area contributed by atoms with E-state index < -0.39 is 11.2 Å². The molecule has 0 aliphatic rings. The summed E-state index contributed by atoms with van der Waals surface area (Å²) in [5, 5.41) is 10.7. The molecule has 0 saturated heterocycles. The van der Waals surface area contributed by atoms with Crippen molar-refractivity contribution in [3.63, 3.8) is 0 Å². The highest BCUT2D eigenvalue weighted by atomic mass is 19.1. The molecule has 204 valence electrons. The summed E-state index contributed by atoms with van der Waals surface area (Å²) in [5.41, 5.74) is 2.06. The Morgan fingerprint density at radius 1 is 1.15 bits per heavy atom. The molecular weight excluding hydrogens is 494 g/mol. The van der Waals surface area contributed by atoms with Gasteiger partial charge >= 0.3 is 0 Å². The lowest BCUT2D eigenvalue weighted by Gasteiger charge is -2.20. The Labute approximate surface area is 229 Å². The largest absolute Gasteiger partial charge is 0.320 e. The third-order valence-electron chi connectivity index (χ3n) is 6.67. The number of nitrogens with zero attached hydrogens (tertiary/aromatic N) is 2. The SMILES string of the molecule is BC(=O)NC(=N)c1ccccc1-c1ccc(Cc2c(CCCC)nc(C)n(CC(=O)C(C)(C)C)c2=O)c(F)c1. The molecule has 0 atom stereocenters. The second-order valence-electron chi connectivity index (χ2n) is 10.8. The van der Waals surface area contributed by atoms with Crippen LogP contribution < -0.4 is 10.9 Å². The number of unbranched alkanes of at least 4 members (excludes halogenated alkanes) is 1. The number of aryl methyl sites for hydroxylation is 2. The molecule has 0 radical (unpaired) electrons. The Bertz CT molecular complexity index is 1470. The third kappa shape index (κ3) is 7.16. The fraction of sp³-hybridized carbons (Fsp3) is 0.367. The van der Waals surface area contributed by atoms with Gasteiger partial charge < -0.3 is 5.32 Å². The van der Waals surface area contributed by atoms with Crippen molar-refractivity contribution in [2.45, 2.75) is 66.8 Å². The molecular formula is C30H36BFN4O3. The van der Waals surface area contributed by atoms with Gasteiger partial charge in [-0.2, -0.15) is 0 Å². The number of amidine groups is 1. The van der Waals surface area contributed by atoms with Crippen molar-refractivity contribution in [1.82, 2.24) is 14.9 Å². The standard InChI is InChI=1S/C30H36BFN4O3/c1-6-7-12-25-23(28(38)36(18(2)34-25)17-26(37)30(3,4)5)15-20-14-13-19(16-24(20)32)21-10-8-9-11-22(21)27(33)35-29(31)39/h8-11,13-14,16H,6-7,12,15,17,31H2,1-5H3,(H2,33,35,39). The van der Waals surface area contributed by atoms with Crippen molar-refractivity contribution in [3.8, 4) is 11.1 Å². The molecule has 0 aliphatic heterocycles. The monoisotopic (exact) mass is 530 g/mol. The Kier molecular flexibility index (Phi) is 9.38. The van der Waals surface area contributed by atoms with Crippen LogP contribution in [0.25, 0.3) is 11.1 Å². The molecule has 0 spiro atoms. The second-order valence-corrected chi connectivity index (χ2v) is 10.8. The van der Waals surface area contributed by atoms with Crippen LogP contribution in [-0.4, -0.2) is 34.8 Å². The maximum absolute atomic E-state index is 15.5. The van der Waals surface area contributed by atoms with Gasteiger partial charge in [0.05, 0.1) is 12.2 Å². The lowest BCUT2D eigenvalue weighted by molar-refractivity contribution is -0.127. The van der Waals surface area contributed by atoms with E-state index >= 15 is 4.39 Å². The molecule has 7 nitrogen and oxygen atoms in total. The van der Waals surface area contributed by atoms with Crippen LogP contribution in [0.15, 0.2) is 47.3 Å². The average molecular weight is 530 g/mol. The highest BCUT2D eigenvalue weighted by Gasteiger charge is 2.24. The molecule has 1 aromatic heterocycles. The predicted octanol–water partition coefficient (Wildman–Crippen LogP) is 4.57. The van der Waals surface area contributed by atoms with Gasteiger partial charge in [-0.05, 0) is 42.5 Å². The van der Waals surface area contributed by atoms with E-state index in [4.69, 9.17) is 5.41 Å². The first-order valence-corrected chi connectivity index (χ1v) is 13.2. The fourth-order valence-corrected chi connectivity index (χ4v) is 4.30. The number of hydrogen-bond acceptors (Lipinski definition) is 5. The van der Waals surface area contributed by atoms with Crippen LogP contribution in [0.1, 0.15) is 68.7 Å². The zero-order valence-corrected chi connectivity index (χ0v) is 23.6. The maximum Gasteiger partial charge on any atom is 0.257 e. The van der Waals surface area contributed by atoms with Crippen molar-refractivity contribution < 1.29 is 14.0 Å². The molecule has 2 N–H and O–H groups in total.